The van der Waals surface area contributed by atoms with Crippen LogP contribution in [0, 0.1) is 11.8 Å². The summed E-state index contributed by atoms with van der Waals surface area (Å²) >= 11 is 0. The van der Waals surface area contributed by atoms with Gasteiger partial charge in [-0.05, 0) is 50.4 Å². The maximum atomic E-state index is 11.3. The molecule has 3 atom stereocenters. The Morgan fingerprint density at radius 1 is 0.900 bits per heavy atom. The van der Waals surface area contributed by atoms with Crippen molar-refractivity contribution in [1.29, 1.82) is 0 Å². The molecule has 3 unspecified atom stereocenters. The first-order valence-electron chi connectivity index (χ1n) is 9.12. The van der Waals surface area contributed by atoms with E-state index in [4.69, 9.17) is 4.74 Å². The van der Waals surface area contributed by atoms with E-state index in [9.17, 15) is 5.11 Å². The lowest BCUT2D eigenvalue weighted by Gasteiger charge is -2.45. The molecule has 1 N–H and O–H groups in total. The zero-order chi connectivity index (χ0) is 13.8. The van der Waals surface area contributed by atoms with Gasteiger partial charge in [-0.15, -0.1) is 0 Å². The van der Waals surface area contributed by atoms with Crippen molar-refractivity contribution in [3.63, 3.8) is 0 Å². The second-order valence-corrected chi connectivity index (χ2v) is 7.53. The van der Waals surface area contributed by atoms with E-state index < -0.39 is 0 Å². The Hall–Kier alpha value is -0.0800. The second-order valence-electron chi connectivity index (χ2n) is 7.53. The molecule has 0 amide bonds. The van der Waals surface area contributed by atoms with Gasteiger partial charge in [0.05, 0.1) is 11.7 Å². The first kappa shape index (κ1) is 14.8. The molecule has 2 saturated carbocycles. The summed E-state index contributed by atoms with van der Waals surface area (Å²) in [6, 6.07) is 0. The largest absolute Gasteiger partial charge is 0.390 e. The summed E-state index contributed by atoms with van der Waals surface area (Å²) in [5, 5.41) is 11.3. The van der Waals surface area contributed by atoms with Gasteiger partial charge in [-0.25, -0.2) is 0 Å². The highest BCUT2D eigenvalue weighted by molar-refractivity contribution is 4.94. The third kappa shape index (κ3) is 3.39. The fourth-order valence-corrected chi connectivity index (χ4v) is 5.05. The Morgan fingerprint density at radius 2 is 1.70 bits per heavy atom. The quantitative estimate of drug-likeness (QED) is 0.824. The first-order valence-corrected chi connectivity index (χ1v) is 9.12. The zero-order valence-electron chi connectivity index (χ0n) is 13.0. The van der Waals surface area contributed by atoms with E-state index in [0.717, 1.165) is 31.8 Å². The fourth-order valence-electron chi connectivity index (χ4n) is 5.05. The molecule has 3 rings (SSSR count). The van der Waals surface area contributed by atoms with Crippen molar-refractivity contribution >= 4 is 0 Å². The molecule has 0 spiro atoms. The van der Waals surface area contributed by atoms with E-state index in [1.165, 1.54) is 64.2 Å². The molecule has 1 saturated heterocycles. The van der Waals surface area contributed by atoms with Crippen molar-refractivity contribution in [3.8, 4) is 0 Å². The Kier molecular flexibility index (Phi) is 5.04. The molecule has 0 bridgehead atoms. The van der Waals surface area contributed by atoms with Gasteiger partial charge in [-0.1, -0.05) is 44.9 Å². The first-order chi connectivity index (χ1) is 9.78. The Balaban J connectivity index is 1.59. The van der Waals surface area contributed by atoms with Crippen LogP contribution in [0.25, 0.3) is 0 Å². The van der Waals surface area contributed by atoms with Crippen LogP contribution in [0.2, 0.25) is 0 Å². The molecule has 3 fully saturated rings. The van der Waals surface area contributed by atoms with Crippen LogP contribution in [0.15, 0.2) is 0 Å². The van der Waals surface area contributed by atoms with E-state index in [2.05, 4.69) is 0 Å². The molecule has 0 aromatic carbocycles. The monoisotopic (exact) mass is 280 g/mol. The van der Waals surface area contributed by atoms with Gasteiger partial charge in [0, 0.05) is 6.61 Å². The normalized spacial score (nSPS) is 40.0. The maximum Gasteiger partial charge on any atom is 0.0679 e. The molecule has 1 aliphatic heterocycles. The molecular formula is C18H32O2. The summed E-state index contributed by atoms with van der Waals surface area (Å²) in [5.74, 6) is 1.39. The highest BCUT2D eigenvalue weighted by Crippen LogP contribution is 2.46. The summed E-state index contributed by atoms with van der Waals surface area (Å²) in [7, 11) is 0. The highest BCUT2D eigenvalue weighted by atomic mass is 16.5. The van der Waals surface area contributed by atoms with Crippen LogP contribution in [0.1, 0.15) is 83.5 Å². The lowest BCUT2D eigenvalue weighted by atomic mass is 9.64. The predicted molar refractivity (Wildman–Crippen MR) is 81.7 cm³/mol. The summed E-state index contributed by atoms with van der Waals surface area (Å²) in [4.78, 5) is 0. The van der Waals surface area contributed by atoms with Crippen molar-refractivity contribution < 1.29 is 9.84 Å². The number of hydrogen-bond donors (Lipinski definition) is 1. The minimum atomic E-state index is -0.369. The van der Waals surface area contributed by atoms with Gasteiger partial charge in [0.15, 0.2) is 0 Å². The summed E-state index contributed by atoms with van der Waals surface area (Å²) in [6.07, 6.45) is 16.7. The average Bonchev–Trinajstić information content (AvgIpc) is 3.00. The average molecular weight is 280 g/mol. The smallest absolute Gasteiger partial charge is 0.0679 e. The molecule has 0 radical (unpaired) electrons. The standard InChI is InChI=1S/C18H32O2/c19-18(13-11-16-9-6-14-20-16)12-5-4-10-17(18)15-7-2-1-3-8-15/h15-17,19H,1-14H2. The minimum Gasteiger partial charge on any atom is -0.390 e. The van der Waals surface area contributed by atoms with Crippen molar-refractivity contribution in [2.75, 3.05) is 6.61 Å². The second kappa shape index (κ2) is 6.79. The summed E-state index contributed by atoms with van der Waals surface area (Å²) in [5.41, 5.74) is -0.369. The van der Waals surface area contributed by atoms with Crippen LogP contribution in [0.5, 0.6) is 0 Å². The summed E-state index contributed by atoms with van der Waals surface area (Å²) < 4.78 is 5.76. The van der Waals surface area contributed by atoms with Crippen molar-refractivity contribution in [1.82, 2.24) is 0 Å². The number of rotatable bonds is 4. The molecule has 0 aromatic heterocycles. The van der Waals surface area contributed by atoms with Gasteiger partial charge in [-0.3, -0.25) is 0 Å². The molecule has 1 heterocycles. The number of hydrogen-bond acceptors (Lipinski definition) is 2. The van der Waals surface area contributed by atoms with Crippen molar-refractivity contribution in [2.24, 2.45) is 11.8 Å². The van der Waals surface area contributed by atoms with Crippen LogP contribution in [-0.2, 0) is 4.74 Å². The lowest BCUT2D eigenvalue weighted by Crippen LogP contribution is -2.45. The van der Waals surface area contributed by atoms with E-state index in [1.54, 1.807) is 0 Å². The zero-order valence-corrected chi connectivity index (χ0v) is 13.0. The third-order valence-electron chi connectivity index (χ3n) is 6.21. The van der Waals surface area contributed by atoms with E-state index in [0.29, 0.717) is 12.0 Å². The van der Waals surface area contributed by atoms with Crippen LogP contribution in [0.4, 0.5) is 0 Å². The van der Waals surface area contributed by atoms with Gasteiger partial charge >= 0.3 is 0 Å². The summed E-state index contributed by atoms with van der Waals surface area (Å²) in [6.45, 7) is 0.940. The molecule has 20 heavy (non-hydrogen) atoms. The van der Waals surface area contributed by atoms with Crippen LogP contribution < -0.4 is 0 Å². The fraction of sp³-hybridized carbons (Fsp3) is 1.00. The van der Waals surface area contributed by atoms with Crippen LogP contribution in [-0.4, -0.2) is 23.4 Å². The lowest BCUT2D eigenvalue weighted by molar-refractivity contribution is -0.0896. The van der Waals surface area contributed by atoms with Crippen molar-refractivity contribution in [3.05, 3.63) is 0 Å². The minimum absolute atomic E-state index is 0.369. The SMILES string of the molecule is OC1(CCC2CCCO2)CCCCC1C1CCCCC1. The predicted octanol–water partition coefficient (Wildman–Crippen LogP) is 4.45. The highest BCUT2D eigenvalue weighted by Gasteiger charge is 2.43. The van der Waals surface area contributed by atoms with Crippen LogP contribution in [0.3, 0.4) is 0 Å². The molecule has 2 heteroatoms. The molecule has 116 valence electrons. The topological polar surface area (TPSA) is 29.5 Å². The van der Waals surface area contributed by atoms with Gasteiger partial charge in [0.1, 0.15) is 0 Å². The number of aliphatic hydroxyl groups is 1. The molecule has 0 aromatic rings. The van der Waals surface area contributed by atoms with E-state index >= 15 is 0 Å². The van der Waals surface area contributed by atoms with Gasteiger partial charge in [0.25, 0.3) is 0 Å². The van der Waals surface area contributed by atoms with Gasteiger partial charge in [0.2, 0.25) is 0 Å². The molecular weight excluding hydrogens is 248 g/mol. The molecule has 3 aliphatic rings. The Bertz CT molecular complexity index is 292. The van der Waals surface area contributed by atoms with Gasteiger partial charge < -0.3 is 9.84 Å². The molecule has 2 nitrogen and oxygen atoms in total. The molecule has 2 aliphatic carbocycles. The maximum absolute atomic E-state index is 11.3. The Morgan fingerprint density at radius 3 is 2.45 bits per heavy atom. The van der Waals surface area contributed by atoms with Crippen molar-refractivity contribution in [2.45, 2.75) is 95.2 Å². The van der Waals surface area contributed by atoms with Crippen LogP contribution >= 0.6 is 0 Å². The Labute approximate surface area is 124 Å². The van der Waals surface area contributed by atoms with E-state index in [1.807, 2.05) is 0 Å². The van der Waals surface area contributed by atoms with Gasteiger partial charge in [-0.2, -0.15) is 0 Å². The van der Waals surface area contributed by atoms with E-state index in [-0.39, 0.29) is 5.60 Å². The number of ether oxygens (including phenoxy) is 1. The third-order valence-corrected chi connectivity index (χ3v) is 6.21.